The largest absolute Gasteiger partial charge is 0.416 e. The van der Waals surface area contributed by atoms with Crippen molar-refractivity contribution in [1.29, 1.82) is 0 Å². The van der Waals surface area contributed by atoms with Gasteiger partial charge in [-0.05, 0) is 149 Å². The zero-order valence-electron chi connectivity index (χ0n) is 47.0. The van der Waals surface area contributed by atoms with Gasteiger partial charge in [0.1, 0.15) is 24.8 Å². The van der Waals surface area contributed by atoms with Crippen molar-refractivity contribution in [3.05, 3.63) is 135 Å². The maximum absolute atomic E-state index is 14.2. The van der Waals surface area contributed by atoms with Gasteiger partial charge in [-0.2, -0.15) is 26.3 Å². The number of likely N-dealkylation sites (N-methyl/N-ethyl adjacent to an activating group) is 2. The van der Waals surface area contributed by atoms with Gasteiger partial charge in [-0.25, -0.2) is 4.39 Å². The van der Waals surface area contributed by atoms with E-state index in [9.17, 15) is 49.9 Å². The molecule has 3 heterocycles. The number of nitrogens with zero attached hydrogens (tertiary/aromatic N) is 6. The van der Waals surface area contributed by atoms with Crippen molar-refractivity contribution >= 4 is 40.9 Å². The predicted molar refractivity (Wildman–Crippen MR) is 299 cm³/mol. The number of ether oxygens (including phenoxy) is 2. The molecule has 1 spiro atoms. The van der Waals surface area contributed by atoms with E-state index in [0.717, 1.165) is 67.2 Å². The molecule has 0 bridgehead atoms. The van der Waals surface area contributed by atoms with Crippen LogP contribution in [0.5, 0.6) is 0 Å². The first kappa shape index (κ1) is 62.3. The lowest BCUT2D eigenvalue weighted by Crippen LogP contribution is -2.50. The van der Waals surface area contributed by atoms with Crippen molar-refractivity contribution in [2.75, 3.05) is 112 Å². The van der Waals surface area contributed by atoms with Crippen LogP contribution in [0.2, 0.25) is 5.02 Å². The number of unbranched alkanes of at least 4 members (excludes halogenated alkanes) is 2. The molecule has 82 heavy (non-hydrogen) atoms. The molecule has 21 heteroatoms. The molecule has 4 aromatic carbocycles. The van der Waals surface area contributed by atoms with Gasteiger partial charge in [0, 0.05) is 83.5 Å². The fraction of sp³-hybridized carbons (Fsp3) is 0.541. The molecule has 0 unspecified atom stereocenters. The Bertz CT molecular complexity index is 2810. The van der Waals surface area contributed by atoms with Gasteiger partial charge in [-0.1, -0.05) is 60.8 Å². The summed E-state index contributed by atoms with van der Waals surface area (Å²) >= 11 is 6.63. The molecule has 2 atom stereocenters. The van der Waals surface area contributed by atoms with E-state index in [1.165, 1.54) is 43.5 Å². The Morgan fingerprint density at radius 3 is 2.07 bits per heavy atom. The molecule has 1 aliphatic carbocycles. The maximum Gasteiger partial charge on any atom is 0.416 e. The molecule has 446 valence electrons. The van der Waals surface area contributed by atoms with Crippen molar-refractivity contribution in [2.45, 2.75) is 107 Å². The van der Waals surface area contributed by atoms with Crippen molar-refractivity contribution in [3.63, 3.8) is 0 Å². The summed E-state index contributed by atoms with van der Waals surface area (Å²) < 4.78 is 109. The Kier molecular flexibility index (Phi) is 20.7. The Labute approximate surface area is 481 Å². The number of amides is 4. The number of hydrogen-bond donors (Lipinski definition) is 1. The Balaban J connectivity index is 0.784. The number of halogens is 8. The van der Waals surface area contributed by atoms with Crippen LogP contribution in [-0.2, 0) is 48.9 Å². The van der Waals surface area contributed by atoms with Gasteiger partial charge in [0.25, 0.3) is 11.8 Å². The molecule has 4 aromatic rings. The van der Waals surface area contributed by atoms with E-state index in [1.807, 2.05) is 30.1 Å². The number of alkyl halides is 6. The molecule has 3 fully saturated rings. The smallest absolute Gasteiger partial charge is 0.385 e. The van der Waals surface area contributed by atoms with Crippen molar-refractivity contribution < 1.29 is 59.4 Å². The first-order chi connectivity index (χ1) is 39.0. The van der Waals surface area contributed by atoms with Crippen LogP contribution < -0.4 is 5.32 Å². The number of anilines is 1. The van der Waals surface area contributed by atoms with Gasteiger partial charge >= 0.3 is 12.4 Å². The van der Waals surface area contributed by atoms with Crippen molar-refractivity contribution in [3.8, 4) is 0 Å². The zero-order valence-corrected chi connectivity index (χ0v) is 47.8. The Morgan fingerprint density at radius 2 is 1.39 bits per heavy atom. The van der Waals surface area contributed by atoms with Gasteiger partial charge in [-0.15, -0.1) is 0 Å². The normalized spacial score (nSPS) is 19.3. The van der Waals surface area contributed by atoms with Gasteiger partial charge in [-0.3, -0.25) is 19.2 Å². The number of piperidine rings is 2. The fourth-order valence-corrected chi connectivity index (χ4v) is 12.2. The Hall–Kier alpha value is -5.80. The Morgan fingerprint density at radius 1 is 0.732 bits per heavy atom. The van der Waals surface area contributed by atoms with Crippen molar-refractivity contribution in [1.82, 2.24) is 29.4 Å². The minimum atomic E-state index is -5.14. The molecular weight excluding hydrogens is 1100 g/mol. The average Bonchev–Trinajstić information content (AvgIpc) is 3.86. The molecule has 8 rings (SSSR count). The van der Waals surface area contributed by atoms with Crippen LogP contribution in [0.4, 0.5) is 36.4 Å². The molecule has 4 aliphatic rings. The van der Waals surface area contributed by atoms with Crippen LogP contribution in [0, 0.1) is 5.82 Å². The standard InChI is InChI=1S/C61H75ClF7N7O6/c1-71(26-12-27-73(3)57(80)50-21-20-49(39-52(50)62)70-25-9-4-6-15-54(77)72(2)33-34-74-28-10-5-11-29-74)55(78)40-81-53-37-43-13-7-8-14-51(43)58(53)22-30-75(31-23-58)32-24-59(45-16-18-48(63)19-17-45)41-76(42-82-59)56(79)44-35-46(60(64,65)66)38-47(36-44)61(67,68)69/h7-8,13-14,16-21,35-36,38-39,53,70H,4-6,9-12,15,22-34,37,40-42H2,1-3H3/t53-,59+/m0/s1. The fourth-order valence-electron chi connectivity index (χ4n) is 12.0. The summed E-state index contributed by atoms with van der Waals surface area (Å²) in [5.74, 6) is -1.85. The number of carbonyl (C=O) groups excluding carboxylic acids is 4. The number of rotatable bonds is 23. The second-order valence-electron chi connectivity index (χ2n) is 22.5. The molecule has 0 saturated carbocycles. The average molecular weight is 1170 g/mol. The topological polar surface area (TPSA) is 118 Å². The second kappa shape index (κ2) is 27.3. The first-order valence-corrected chi connectivity index (χ1v) is 28.8. The number of benzene rings is 4. The summed E-state index contributed by atoms with van der Waals surface area (Å²) in [5, 5.41) is 3.70. The van der Waals surface area contributed by atoms with E-state index < -0.39 is 58.5 Å². The molecule has 1 N–H and O–H groups in total. The summed E-state index contributed by atoms with van der Waals surface area (Å²) in [6.07, 6.45) is -0.924. The highest BCUT2D eigenvalue weighted by Gasteiger charge is 2.50. The molecule has 0 radical (unpaired) electrons. The van der Waals surface area contributed by atoms with E-state index >= 15 is 0 Å². The SMILES string of the molecule is CN(CCN1CCCCC1)C(=O)CCCCCNc1ccc(C(=O)N(C)CCCN(C)C(=O)CO[C@H]2Cc3ccccc3C23CCN(CC[C@]2(c4ccc(F)cc4)CN(C(=O)c4cc(C(F)(F)F)cc(C(F)(F)F)c4)CO2)CC3)c(Cl)c1. The molecule has 4 amide bonds. The van der Waals surface area contributed by atoms with Crippen LogP contribution in [0.3, 0.4) is 0 Å². The summed E-state index contributed by atoms with van der Waals surface area (Å²) in [7, 11) is 5.30. The summed E-state index contributed by atoms with van der Waals surface area (Å²) in [5.41, 5.74) is -1.68. The highest BCUT2D eigenvalue weighted by atomic mass is 35.5. The third-order valence-electron chi connectivity index (χ3n) is 17.0. The van der Waals surface area contributed by atoms with Crippen LogP contribution in [0.25, 0.3) is 0 Å². The van der Waals surface area contributed by atoms with E-state index in [1.54, 1.807) is 36.0 Å². The predicted octanol–water partition coefficient (Wildman–Crippen LogP) is 10.7. The minimum absolute atomic E-state index is 0.0281. The van der Waals surface area contributed by atoms with E-state index in [0.29, 0.717) is 99.7 Å². The van der Waals surface area contributed by atoms with Crippen molar-refractivity contribution in [2.24, 2.45) is 0 Å². The monoisotopic (exact) mass is 1170 g/mol. The summed E-state index contributed by atoms with van der Waals surface area (Å²) in [6, 6.07) is 19.7. The van der Waals surface area contributed by atoms with E-state index in [-0.39, 0.29) is 49.5 Å². The third kappa shape index (κ3) is 15.5. The first-order valence-electron chi connectivity index (χ1n) is 28.5. The second-order valence-corrected chi connectivity index (χ2v) is 22.9. The number of fused-ring (bicyclic) bond motifs is 2. The van der Waals surface area contributed by atoms with Gasteiger partial charge in [0.15, 0.2) is 0 Å². The lowest BCUT2D eigenvalue weighted by atomic mass is 9.72. The molecule has 3 aliphatic heterocycles. The number of hydrogen-bond acceptors (Lipinski definition) is 9. The lowest BCUT2D eigenvalue weighted by Gasteiger charge is -2.44. The minimum Gasteiger partial charge on any atom is -0.385 e. The van der Waals surface area contributed by atoms with Crippen LogP contribution in [0.15, 0.2) is 84.9 Å². The molecule has 0 aromatic heterocycles. The molecular formula is C61H75ClF7N7O6. The van der Waals surface area contributed by atoms with Crippen LogP contribution in [0.1, 0.15) is 119 Å². The highest BCUT2D eigenvalue weighted by molar-refractivity contribution is 6.34. The summed E-state index contributed by atoms with van der Waals surface area (Å²) in [6.45, 7) is 6.26. The van der Waals surface area contributed by atoms with Crippen LogP contribution >= 0.6 is 11.6 Å². The van der Waals surface area contributed by atoms with Gasteiger partial charge in [0.05, 0.1) is 34.4 Å². The zero-order chi connectivity index (χ0) is 58.8. The number of likely N-dealkylation sites (tertiary alicyclic amines) is 2. The maximum atomic E-state index is 14.2. The lowest BCUT2D eigenvalue weighted by molar-refractivity contribution is -0.143. The van der Waals surface area contributed by atoms with Crippen LogP contribution in [-0.4, -0.2) is 166 Å². The molecule has 3 saturated heterocycles. The van der Waals surface area contributed by atoms with Gasteiger partial charge in [0.2, 0.25) is 11.8 Å². The summed E-state index contributed by atoms with van der Waals surface area (Å²) in [4.78, 5) is 64.2. The highest BCUT2D eigenvalue weighted by Crippen LogP contribution is 2.48. The molecule has 13 nitrogen and oxygen atoms in total. The number of nitrogens with one attached hydrogen (secondary N) is 1. The quantitative estimate of drug-likeness (QED) is 0.0572. The third-order valence-corrected chi connectivity index (χ3v) is 17.3. The van der Waals surface area contributed by atoms with Gasteiger partial charge < -0.3 is 44.2 Å². The van der Waals surface area contributed by atoms with E-state index in [2.05, 4.69) is 27.2 Å². The van der Waals surface area contributed by atoms with E-state index in [4.69, 9.17) is 21.1 Å². The number of carbonyl (C=O) groups is 4.